The smallest absolute Gasteiger partial charge is 0.0230 e. The second-order valence-corrected chi connectivity index (χ2v) is 6.80. The largest absolute Gasteiger partial charge is 0.302 e. The first kappa shape index (κ1) is 17.7. The molecule has 2 heteroatoms. The molecule has 0 aliphatic rings. The molecule has 0 heterocycles. The lowest BCUT2D eigenvalue weighted by atomic mass is 10.1. The molecule has 0 aromatic heterocycles. The van der Waals surface area contributed by atoms with E-state index < -0.39 is 0 Å². The molecule has 2 aromatic carbocycles. The van der Waals surface area contributed by atoms with Crippen LogP contribution in [0.2, 0.25) is 0 Å². The van der Waals surface area contributed by atoms with E-state index in [0.717, 1.165) is 26.2 Å². The van der Waals surface area contributed by atoms with Crippen molar-refractivity contribution in [2.75, 3.05) is 27.2 Å². The summed E-state index contributed by atoms with van der Waals surface area (Å²) >= 11 is 0. The lowest BCUT2D eigenvalue weighted by Gasteiger charge is -2.20. The Bertz CT molecular complexity index is 518. The van der Waals surface area contributed by atoms with E-state index in [1.807, 2.05) is 0 Å². The average Bonchev–Trinajstić information content (AvgIpc) is 2.52. The van der Waals surface area contributed by atoms with Crippen molar-refractivity contribution in [1.29, 1.82) is 0 Å². The Morgan fingerprint density at radius 1 is 0.609 bits per heavy atom. The van der Waals surface area contributed by atoms with Gasteiger partial charge in [-0.3, -0.25) is 0 Å². The zero-order chi connectivity index (χ0) is 16.7. The number of hydrogen-bond donors (Lipinski definition) is 0. The van der Waals surface area contributed by atoms with E-state index in [1.165, 1.54) is 28.7 Å². The second-order valence-electron chi connectivity index (χ2n) is 6.80. The predicted octanol–water partition coefficient (Wildman–Crippen LogP) is 4.26. The van der Waals surface area contributed by atoms with Crippen LogP contribution < -0.4 is 0 Å². The summed E-state index contributed by atoms with van der Waals surface area (Å²) in [6.07, 6.45) is 1.20. The Kier molecular flexibility index (Phi) is 6.82. The van der Waals surface area contributed by atoms with Gasteiger partial charge in [0.15, 0.2) is 0 Å². The van der Waals surface area contributed by atoms with Gasteiger partial charge in [-0.25, -0.2) is 0 Å². The van der Waals surface area contributed by atoms with Gasteiger partial charge in [0.05, 0.1) is 0 Å². The highest BCUT2D eigenvalue weighted by Crippen LogP contribution is 2.08. The standard InChI is InChI=1S/C21H30N2/c1-18-6-10-20(11-7-18)16-22(3)14-5-15-23(4)17-21-12-8-19(2)9-13-21/h6-13H,5,14-17H2,1-4H3. The molecular weight excluding hydrogens is 280 g/mol. The van der Waals surface area contributed by atoms with Gasteiger partial charge in [0, 0.05) is 13.1 Å². The van der Waals surface area contributed by atoms with Crippen LogP contribution in [0, 0.1) is 13.8 Å². The number of benzene rings is 2. The normalized spacial score (nSPS) is 11.4. The van der Waals surface area contributed by atoms with E-state index in [0.29, 0.717) is 0 Å². The number of aryl methyl sites for hydroxylation is 2. The fourth-order valence-corrected chi connectivity index (χ4v) is 2.78. The van der Waals surface area contributed by atoms with Crippen molar-refractivity contribution >= 4 is 0 Å². The van der Waals surface area contributed by atoms with Gasteiger partial charge in [-0.05, 0) is 58.6 Å². The maximum absolute atomic E-state index is 2.41. The lowest BCUT2D eigenvalue weighted by Crippen LogP contribution is -2.25. The van der Waals surface area contributed by atoms with Crippen molar-refractivity contribution in [2.45, 2.75) is 33.4 Å². The fraction of sp³-hybridized carbons (Fsp3) is 0.429. The molecule has 0 spiro atoms. The fourth-order valence-electron chi connectivity index (χ4n) is 2.78. The highest BCUT2D eigenvalue weighted by Gasteiger charge is 2.03. The summed E-state index contributed by atoms with van der Waals surface area (Å²) in [5.74, 6) is 0. The minimum absolute atomic E-state index is 1.03. The minimum Gasteiger partial charge on any atom is -0.302 e. The molecule has 0 aliphatic carbocycles. The van der Waals surface area contributed by atoms with Crippen LogP contribution in [0.15, 0.2) is 48.5 Å². The molecule has 0 saturated heterocycles. The molecule has 0 saturated carbocycles. The first-order chi connectivity index (χ1) is 11.0. The van der Waals surface area contributed by atoms with Crippen LogP contribution in [0.5, 0.6) is 0 Å². The Morgan fingerprint density at radius 2 is 0.957 bits per heavy atom. The predicted molar refractivity (Wildman–Crippen MR) is 99.6 cm³/mol. The summed E-state index contributed by atoms with van der Waals surface area (Å²) in [7, 11) is 4.42. The summed E-state index contributed by atoms with van der Waals surface area (Å²) in [6, 6.07) is 17.7. The van der Waals surface area contributed by atoms with Gasteiger partial charge in [0.1, 0.15) is 0 Å². The molecule has 0 atom stereocenters. The van der Waals surface area contributed by atoms with Crippen molar-refractivity contribution in [1.82, 2.24) is 9.80 Å². The van der Waals surface area contributed by atoms with Crippen molar-refractivity contribution in [3.8, 4) is 0 Å². The van der Waals surface area contributed by atoms with E-state index in [2.05, 4.69) is 86.3 Å². The van der Waals surface area contributed by atoms with Gasteiger partial charge in [0.25, 0.3) is 0 Å². The monoisotopic (exact) mass is 310 g/mol. The molecule has 0 radical (unpaired) electrons. The van der Waals surface area contributed by atoms with Gasteiger partial charge < -0.3 is 9.80 Å². The van der Waals surface area contributed by atoms with E-state index in [9.17, 15) is 0 Å². The van der Waals surface area contributed by atoms with Gasteiger partial charge in [-0.2, -0.15) is 0 Å². The van der Waals surface area contributed by atoms with Crippen LogP contribution in [0.1, 0.15) is 28.7 Å². The minimum atomic E-state index is 1.03. The molecule has 2 nitrogen and oxygen atoms in total. The van der Waals surface area contributed by atoms with E-state index in [1.54, 1.807) is 0 Å². The first-order valence-corrected chi connectivity index (χ1v) is 8.51. The summed E-state index contributed by atoms with van der Waals surface area (Å²) < 4.78 is 0. The number of hydrogen-bond acceptors (Lipinski definition) is 2. The third-order valence-corrected chi connectivity index (χ3v) is 4.23. The van der Waals surface area contributed by atoms with Gasteiger partial charge in [0.2, 0.25) is 0 Å². The molecule has 124 valence electrons. The number of nitrogens with zero attached hydrogens (tertiary/aromatic N) is 2. The Morgan fingerprint density at radius 3 is 1.30 bits per heavy atom. The summed E-state index contributed by atoms with van der Waals surface area (Å²) in [6.45, 7) is 8.59. The molecule has 0 bridgehead atoms. The molecule has 2 aromatic rings. The lowest BCUT2D eigenvalue weighted by molar-refractivity contribution is 0.270. The Hall–Kier alpha value is -1.64. The average molecular weight is 310 g/mol. The Balaban J connectivity index is 1.67. The second kappa shape index (κ2) is 8.85. The third kappa shape index (κ3) is 6.55. The van der Waals surface area contributed by atoms with E-state index >= 15 is 0 Å². The van der Waals surface area contributed by atoms with Gasteiger partial charge in [-0.1, -0.05) is 59.7 Å². The number of rotatable bonds is 8. The summed E-state index contributed by atoms with van der Waals surface area (Å²) in [5.41, 5.74) is 5.44. The molecule has 0 fully saturated rings. The highest BCUT2D eigenvalue weighted by molar-refractivity contribution is 5.21. The van der Waals surface area contributed by atoms with Crippen LogP contribution in [0.3, 0.4) is 0 Å². The maximum atomic E-state index is 2.41. The van der Waals surface area contributed by atoms with Gasteiger partial charge in [-0.15, -0.1) is 0 Å². The van der Waals surface area contributed by atoms with Crippen LogP contribution >= 0.6 is 0 Å². The molecule has 23 heavy (non-hydrogen) atoms. The van der Waals surface area contributed by atoms with Crippen LogP contribution in [0.25, 0.3) is 0 Å². The van der Waals surface area contributed by atoms with Gasteiger partial charge >= 0.3 is 0 Å². The topological polar surface area (TPSA) is 6.48 Å². The van der Waals surface area contributed by atoms with Crippen LogP contribution in [0.4, 0.5) is 0 Å². The quantitative estimate of drug-likeness (QED) is 0.719. The van der Waals surface area contributed by atoms with E-state index in [4.69, 9.17) is 0 Å². The Labute approximate surface area is 141 Å². The molecule has 0 unspecified atom stereocenters. The summed E-state index contributed by atoms with van der Waals surface area (Å²) in [4.78, 5) is 4.81. The third-order valence-electron chi connectivity index (χ3n) is 4.23. The molecule has 2 rings (SSSR count). The SMILES string of the molecule is Cc1ccc(CN(C)CCCN(C)Cc2ccc(C)cc2)cc1. The first-order valence-electron chi connectivity index (χ1n) is 8.51. The summed E-state index contributed by atoms with van der Waals surface area (Å²) in [5, 5.41) is 0. The maximum Gasteiger partial charge on any atom is 0.0230 e. The zero-order valence-electron chi connectivity index (χ0n) is 15.0. The molecule has 0 N–H and O–H groups in total. The van der Waals surface area contributed by atoms with Crippen molar-refractivity contribution in [3.05, 3.63) is 70.8 Å². The van der Waals surface area contributed by atoms with Crippen molar-refractivity contribution < 1.29 is 0 Å². The molecule has 0 aliphatic heterocycles. The molecular formula is C21H30N2. The molecule has 0 amide bonds. The van der Waals surface area contributed by atoms with Crippen LogP contribution in [-0.2, 0) is 13.1 Å². The van der Waals surface area contributed by atoms with Crippen molar-refractivity contribution in [2.24, 2.45) is 0 Å². The van der Waals surface area contributed by atoms with E-state index in [-0.39, 0.29) is 0 Å². The zero-order valence-corrected chi connectivity index (χ0v) is 15.0. The van der Waals surface area contributed by atoms with Crippen molar-refractivity contribution in [3.63, 3.8) is 0 Å². The highest BCUT2D eigenvalue weighted by atomic mass is 15.1. The van der Waals surface area contributed by atoms with Crippen LogP contribution in [-0.4, -0.2) is 37.0 Å².